The Bertz CT molecular complexity index is 1090. The molecule has 0 bridgehead atoms. The molecule has 0 fully saturated rings. The number of aromatic nitrogens is 4. The van der Waals surface area contributed by atoms with E-state index in [9.17, 15) is 0 Å². The van der Waals surface area contributed by atoms with Crippen LogP contribution in [0.15, 0.2) is 59.1 Å². The van der Waals surface area contributed by atoms with E-state index in [0.29, 0.717) is 5.02 Å². The number of aryl methyl sites for hydroxylation is 1. The van der Waals surface area contributed by atoms with Gasteiger partial charge in [0.05, 0.1) is 5.69 Å². The third-order valence-electron chi connectivity index (χ3n) is 4.08. The van der Waals surface area contributed by atoms with Gasteiger partial charge in [-0.15, -0.1) is 21.5 Å². The van der Waals surface area contributed by atoms with E-state index in [2.05, 4.69) is 46.8 Å². The lowest BCUT2D eigenvalue weighted by Gasteiger charge is -2.03. The second-order valence-corrected chi connectivity index (χ2v) is 8.41. The molecule has 136 valence electrons. The third kappa shape index (κ3) is 4.08. The zero-order valence-electron chi connectivity index (χ0n) is 14.9. The predicted molar refractivity (Wildman–Crippen MR) is 113 cm³/mol. The fourth-order valence-corrected chi connectivity index (χ4v) is 4.66. The molecule has 0 radical (unpaired) electrons. The maximum Gasteiger partial charge on any atom is 0.191 e. The predicted octanol–water partition coefficient (Wildman–Crippen LogP) is 5.86. The summed E-state index contributed by atoms with van der Waals surface area (Å²) in [4.78, 5) is 4.77. The van der Waals surface area contributed by atoms with Gasteiger partial charge in [0.2, 0.25) is 0 Å². The summed E-state index contributed by atoms with van der Waals surface area (Å²) >= 11 is 9.39. The maximum absolute atomic E-state index is 6.09. The summed E-state index contributed by atoms with van der Waals surface area (Å²) in [5.74, 6) is 1.56. The summed E-state index contributed by atoms with van der Waals surface area (Å²) in [6, 6.07) is 16.1. The van der Waals surface area contributed by atoms with Crippen molar-refractivity contribution in [1.82, 2.24) is 19.7 Å². The first-order valence-electron chi connectivity index (χ1n) is 8.40. The Labute approximate surface area is 171 Å². The van der Waals surface area contributed by atoms with Crippen molar-refractivity contribution in [2.75, 3.05) is 0 Å². The smallest absolute Gasteiger partial charge is 0.191 e. The molecule has 0 aliphatic carbocycles. The SMILES string of the molecule is Cc1cccc(-c2nc(CSc3nnc(-c4cccc(Cl)c4)n3C)cs2)c1. The molecule has 2 aromatic carbocycles. The molecular weight excluding hydrogens is 396 g/mol. The van der Waals surface area contributed by atoms with Gasteiger partial charge in [-0.05, 0) is 25.1 Å². The highest BCUT2D eigenvalue weighted by molar-refractivity contribution is 7.98. The van der Waals surface area contributed by atoms with E-state index in [1.165, 1.54) is 5.56 Å². The van der Waals surface area contributed by atoms with Crippen LogP contribution in [0.1, 0.15) is 11.3 Å². The molecule has 0 atom stereocenters. The third-order valence-corrected chi connectivity index (χ3v) is 6.31. The highest BCUT2D eigenvalue weighted by Gasteiger charge is 2.13. The van der Waals surface area contributed by atoms with Gasteiger partial charge in [-0.1, -0.05) is 59.3 Å². The van der Waals surface area contributed by atoms with E-state index >= 15 is 0 Å². The molecule has 0 aliphatic heterocycles. The Morgan fingerprint density at radius 1 is 1.07 bits per heavy atom. The summed E-state index contributed by atoms with van der Waals surface area (Å²) in [7, 11) is 1.97. The fraction of sp³-hybridized carbons (Fsp3) is 0.150. The van der Waals surface area contributed by atoms with Crippen LogP contribution in [0.2, 0.25) is 5.02 Å². The van der Waals surface area contributed by atoms with Crippen molar-refractivity contribution in [3.63, 3.8) is 0 Å². The molecule has 7 heteroatoms. The van der Waals surface area contributed by atoms with Crippen LogP contribution < -0.4 is 0 Å². The second kappa shape index (κ2) is 7.84. The largest absolute Gasteiger partial charge is 0.305 e. The van der Waals surface area contributed by atoms with E-state index in [-0.39, 0.29) is 0 Å². The van der Waals surface area contributed by atoms with Gasteiger partial charge in [-0.25, -0.2) is 4.98 Å². The molecule has 4 nitrogen and oxygen atoms in total. The fourth-order valence-electron chi connectivity index (χ4n) is 2.74. The molecule has 0 N–H and O–H groups in total. The number of halogens is 1. The second-order valence-electron chi connectivity index (χ2n) is 6.18. The molecular formula is C20H17ClN4S2. The Kier molecular flexibility index (Phi) is 5.29. The summed E-state index contributed by atoms with van der Waals surface area (Å²) in [6.07, 6.45) is 0. The van der Waals surface area contributed by atoms with Crippen LogP contribution >= 0.6 is 34.7 Å². The first kappa shape index (κ1) is 18.2. The molecule has 2 aromatic heterocycles. The lowest BCUT2D eigenvalue weighted by Crippen LogP contribution is -1.95. The van der Waals surface area contributed by atoms with Crippen molar-refractivity contribution in [1.29, 1.82) is 0 Å². The van der Waals surface area contributed by atoms with E-state index in [4.69, 9.17) is 16.6 Å². The number of rotatable bonds is 5. The van der Waals surface area contributed by atoms with E-state index < -0.39 is 0 Å². The van der Waals surface area contributed by atoms with Gasteiger partial charge in [0.1, 0.15) is 5.01 Å². The van der Waals surface area contributed by atoms with Crippen molar-refractivity contribution in [2.24, 2.45) is 7.05 Å². The lowest BCUT2D eigenvalue weighted by molar-refractivity contribution is 0.793. The highest BCUT2D eigenvalue weighted by Crippen LogP contribution is 2.29. The Morgan fingerprint density at radius 2 is 1.89 bits per heavy atom. The Morgan fingerprint density at radius 3 is 2.70 bits per heavy atom. The van der Waals surface area contributed by atoms with Gasteiger partial charge < -0.3 is 4.57 Å². The zero-order valence-corrected chi connectivity index (χ0v) is 17.3. The summed E-state index contributed by atoms with van der Waals surface area (Å²) in [5.41, 5.74) is 4.41. The highest BCUT2D eigenvalue weighted by atomic mass is 35.5. The van der Waals surface area contributed by atoms with Crippen LogP contribution in [0.4, 0.5) is 0 Å². The van der Waals surface area contributed by atoms with Crippen LogP contribution in [0.5, 0.6) is 0 Å². The molecule has 0 spiro atoms. The molecule has 0 saturated carbocycles. The summed E-state index contributed by atoms with van der Waals surface area (Å²) in [6.45, 7) is 2.10. The normalized spacial score (nSPS) is 11.1. The number of nitrogens with zero attached hydrogens (tertiary/aromatic N) is 4. The number of thiazole rings is 1. The summed E-state index contributed by atoms with van der Waals surface area (Å²) in [5, 5.41) is 13.3. The van der Waals surface area contributed by atoms with E-state index in [1.54, 1.807) is 23.1 Å². The molecule has 0 saturated heterocycles. The van der Waals surface area contributed by atoms with Crippen LogP contribution in [0.25, 0.3) is 22.0 Å². The van der Waals surface area contributed by atoms with Crippen LogP contribution in [-0.4, -0.2) is 19.7 Å². The monoisotopic (exact) mass is 412 g/mol. The Hall–Kier alpha value is -2.15. The quantitative estimate of drug-likeness (QED) is 0.385. The molecule has 0 amide bonds. The lowest BCUT2D eigenvalue weighted by atomic mass is 10.1. The molecule has 0 unspecified atom stereocenters. The standard InChI is InChI=1S/C20H17ClN4S2/c1-13-5-3-7-15(9-13)19-22-17(11-26-19)12-27-20-24-23-18(25(20)2)14-6-4-8-16(21)10-14/h3-11H,12H2,1-2H3. The molecule has 4 aromatic rings. The number of hydrogen-bond acceptors (Lipinski definition) is 5. The first-order valence-corrected chi connectivity index (χ1v) is 10.6. The molecule has 4 rings (SSSR count). The van der Waals surface area contributed by atoms with Crippen molar-refractivity contribution in [3.8, 4) is 22.0 Å². The number of benzene rings is 2. The van der Waals surface area contributed by atoms with Gasteiger partial charge in [0, 0.05) is 34.3 Å². The van der Waals surface area contributed by atoms with Crippen LogP contribution in [0.3, 0.4) is 0 Å². The minimum Gasteiger partial charge on any atom is -0.305 e. The van der Waals surface area contributed by atoms with Crippen molar-refractivity contribution in [2.45, 2.75) is 17.8 Å². The van der Waals surface area contributed by atoms with E-state index in [0.717, 1.165) is 38.6 Å². The van der Waals surface area contributed by atoms with Crippen molar-refractivity contribution in [3.05, 3.63) is 70.2 Å². The maximum atomic E-state index is 6.09. The van der Waals surface area contributed by atoms with Crippen molar-refractivity contribution < 1.29 is 0 Å². The van der Waals surface area contributed by atoms with E-state index in [1.807, 2.05) is 35.9 Å². The molecule has 0 aliphatic rings. The topological polar surface area (TPSA) is 43.6 Å². The van der Waals surface area contributed by atoms with Gasteiger partial charge >= 0.3 is 0 Å². The summed E-state index contributed by atoms with van der Waals surface area (Å²) < 4.78 is 1.99. The number of hydrogen-bond donors (Lipinski definition) is 0. The van der Waals surface area contributed by atoms with Gasteiger partial charge in [0.15, 0.2) is 11.0 Å². The minimum atomic E-state index is 0.691. The average molecular weight is 413 g/mol. The number of thioether (sulfide) groups is 1. The zero-order chi connectivity index (χ0) is 18.8. The van der Waals surface area contributed by atoms with Crippen LogP contribution in [0, 0.1) is 6.92 Å². The Balaban J connectivity index is 1.48. The molecule has 2 heterocycles. The van der Waals surface area contributed by atoms with Crippen LogP contribution in [-0.2, 0) is 12.8 Å². The van der Waals surface area contributed by atoms with Gasteiger partial charge in [-0.3, -0.25) is 0 Å². The average Bonchev–Trinajstić information content (AvgIpc) is 3.27. The van der Waals surface area contributed by atoms with Gasteiger partial charge in [-0.2, -0.15) is 0 Å². The van der Waals surface area contributed by atoms with Crippen molar-refractivity contribution >= 4 is 34.7 Å². The first-order chi connectivity index (χ1) is 13.1. The van der Waals surface area contributed by atoms with Gasteiger partial charge in [0.25, 0.3) is 0 Å². The minimum absolute atomic E-state index is 0.691. The molecule has 27 heavy (non-hydrogen) atoms.